The molecule has 104 valence electrons. The van der Waals surface area contributed by atoms with Crippen molar-refractivity contribution < 1.29 is 14.6 Å². The molecule has 1 aliphatic heterocycles. The van der Waals surface area contributed by atoms with Crippen molar-refractivity contribution in [1.29, 1.82) is 0 Å². The third-order valence-corrected chi connectivity index (χ3v) is 3.61. The number of carbonyl (C=O) groups excluding carboxylic acids is 1. The van der Waals surface area contributed by atoms with Gasteiger partial charge < -0.3 is 14.7 Å². The van der Waals surface area contributed by atoms with E-state index < -0.39 is 0 Å². The van der Waals surface area contributed by atoms with Crippen LogP contribution in [0.15, 0.2) is 23.1 Å². The fourth-order valence-corrected chi connectivity index (χ4v) is 2.56. The van der Waals surface area contributed by atoms with Gasteiger partial charge in [0.25, 0.3) is 5.91 Å². The molecule has 0 aromatic heterocycles. The molecule has 0 bridgehead atoms. The molecule has 0 aliphatic carbocycles. The Morgan fingerprint density at radius 1 is 1.58 bits per heavy atom. The average molecular weight is 302 g/mol. The predicted molar refractivity (Wildman–Crippen MR) is 76.0 cm³/mol. The molecule has 2 unspecified atom stereocenters. The van der Waals surface area contributed by atoms with E-state index in [1.807, 2.05) is 6.92 Å². The van der Waals surface area contributed by atoms with Crippen molar-refractivity contribution >= 4 is 30.1 Å². The Hall–Kier alpha value is -0.750. The van der Waals surface area contributed by atoms with Crippen molar-refractivity contribution in [3.8, 4) is 0 Å². The second-order valence-corrected chi connectivity index (χ2v) is 5.55. The number of aliphatic hydroxyl groups is 1. The fourth-order valence-electron chi connectivity index (χ4n) is 2.16. The number of morpholine rings is 1. The number of rotatable bonds is 2. The molecule has 1 fully saturated rings. The van der Waals surface area contributed by atoms with E-state index >= 15 is 0 Å². The van der Waals surface area contributed by atoms with Gasteiger partial charge in [-0.25, -0.2) is 0 Å². The first-order valence-electron chi connectivity index (χ1n) is 6.05. The molecule has 1 aromatic carbocycles. The molecular formula is C13H16ClNO3S. The molecule has 1 amide bonds. The molecule has 0 saturated carbocycles. The van der Waals surface area contributed by atoms with Crippen LogP contribution in [-0.4, -0.2) is 47.8 Å². The van der Waals surface area contributed by atoms with Crippen LogP contribution in [-0.2, 0) is 4.74 Å². The summed E-state index contributed by atoms with van der Waals surface area (Å²) in [5, 5.41) is 9.58. The summed E-state index contributed by atoms with van der Waals surface area (Å²) < 4.78 is 5.51. The highest BCUT2D eigenvalue weighted by Crippen LogP contribution is 2.23. The average Bonchev–Trinajstić information content (AvgIpc) is 2.40. The molecule has 2 atom stereocenters. The van der Waals surface area contributed by atoms with Crippen LogP contribution in [0, 0.1) is 0 Å². The van der Waals surface area contributed by atoms with E-state index in [2.05, 4.69) is 12.6 Å². The smallest absolute Gasteiger partial charge is 0.255 e. The molecule has 1 saturated heterocycles. The Balaban J connectivity index is 2.21. The lowest BCUT2D eigenvalue weighted by Gasteiger charge is -2.36. The second-order valence-electron chi connectivity index (χ2n) is 4.63. The van der Waals surface area contributed by atoms with Gasteiger partial charge in [0.1, 0.15) is 0 Å². The molecular weight excluding hydrogens is 286 g/mol. The summed E-state index contributed by atoms with van der Waals surface area (Å²) in [6.07, 6.45) is -0.446. The number of amides is 1. The number of hydrogen-bond donors (Lipinski definition) is 2. The predicted octanol–water partition coefficient (Wildman–Crippen LogP) is 1.85. The number of halogens is 1. The standard InChI is InChI=1S/C13H16ClNO3S/c1-8-5-15(6-9(7-16)18-8)13(17)11-4-10(19)2-3-12(11)14/h2-4,8-9,16,19H,5-7H2,1H3. The van der Waals surface area contributed by atoms with Crippen molar-refractivity contribution in [3.63, 3.8) is 0 Å². The summed E-state index contributed by atoms with van der Waals surface area (Å²) >= 11 is 10.3. The largest absolute Gasteiger partial charge is 0.394 e. The van der Waals surface area contributed by atoms with Gasteiger partial charge in [0, 0.05) is 18.0 Å². The summed E-state index contributed by atoms with van der Waals surface area (Å²) in [5.41, 5.74) is 0.431. The quantitative estimate of drug-likeness (QED) is 0.820. The molecule has 1 aromatic rings. The van der Waals surface area contributed by atoms with Crippen LogP contribution in [0.3, 0.4) is 0 Å². The molecule has 4 nitrogen and oxygen atoms in total. The fraction of sp³-hybridized carbons (Fsp3) is 0.462. The maximum Gasteiger partial charge on any atom is 0.255 e. The zero-order chi connectivity index (χ0) is 14.0. The normalized spacial score (nSPS) is 23.5. The molecule has 0 spiro atoms. The number of aliphatic hydroxyl groups excluding tert-OH is 1. The second kappa shape index (κ2) is 6.13. The van der Waals surface area contributed by atoms with Crippen LogP contribution >= 0.6 is 24.2 Å². The van der Waals surface area contributed by atoms with Gasteiger partial charge in [-0.3, -0.25) is 4.79 Å². The van der Waals surface area contributed by atoms with Crippen molar-refractivity contribution in [1.82, 2.24) is 4.90 Å². The van der Waals surface area contributed by atoms with Gasteiger partial charge in [-0.1, -0.05) is 11.6 Å². The van der Waals surface area contributed by atoms with Gasteiger partial charge in [-0.05, 0) is 25.1 Å². The summed E-state index contributed by atoms with van der Waals surface area (Å²) in [5.74, 6) is -0.158. The topological polar surface area (TPSA) is 49.8 Å². The van der Waals surface area contributed by atoms with Crippen LogP contribution in [0.5, 0.6) is 0 Å². The minimum Gasteiger partial charge on any atom is -0.394 e. The van der Waals surface area contributed by atoms with Crippen molar-refractivity contribution in [2.24, 2.45) is 0 Å². The summed E-state index contributed by atoms with van der Waals surface area (Å²) in [4.78, 5) is 14.8. The van der Waals surface area contributed by atoms with E-state index in [1.54, 1.807) is 23.1 Å². The van der Waals surface area contributed by atoms with Crippen molar-refractivity contribution in [2.45, 2.75) is 24.0 Å². The van der Waals surface area contributed by atoms with Crippen molar-refractivity contribution in [2.75, 3.05) is 19.7 Å². The Morgan fingerprint density at radius 3 is 3.00 bits per heavy atom. The number of nitrogens with zero attached hydrogens (tertiary/aromatic N) is 1. The molecule has 2 rings (SSSR count). The first-order valence-corrected chi connectivity index (χ1v) is 6.88. The number of benzene rings is 1. The highest BCUT2D eigenvalue weighted by molar-refractivity contribution is 7.80. The molecule has 6 heteroatoms. The van der Waals surface area contributed by atoms with Crippen molar-refractivity contribution in [3.05, 3.63) is 28.8 Å². The van der Waals surface area contributed by atoms with E-state index in [-0.39, 0.29) is 24.7 Å². The Morgan fingerprint density at radius 2 is 2.32 bits per heavy atom. The molecule has 19 heavy (non-hydrogen) atoms. The van der Waals surface area contributed by atoms with E-state index in [1.165, 1.54) is 0 Å². The number of ether oxygens (including phenoxy) is 1. The highest BCUT2D eigenvalue weighted by Gasteiger charge is 2.29. The van der Waals surface area contributed by atoms with Gasteiger partial charge >= 0.3 is 0 Å². The SMILES string of the molecule is CC1CN(C(=O)c2cc(S)ccc2Cl)CC(CO)O1. The molecule has 0 radical (unpaired) electrons. The van der Waals surface area contributed by atoms with E-state index in [0.717, 1.165) is 0 Å². The van der Waals surface area contributed by atoms with Crippen LogP contribution < -0.4 is 0 Å². The number of carbonyl (C=O) groups is 1. The summed E-state index contributed by atoms with van der Waals surface area (Å²) in [6.45, 7) is 2.63. The lowest BCUT2D eigenvalue weighted by atomic mass is 10.1. The summed E-state index contributed by atoms with van der Waals surface area (Å²) in [7, 11) is 0. The van der Waals surface area contributed by atoms with Gasteiger partial charge in [-0.2, -0.15) is 0 Å². The lowest BCUT2D eigenvalue weighted by Crippen LogP contribution is -2.50. The van der Waals surface area contributed by atoms with Crippen LogP contribution in [0.2, 0.25) is 5.02 Å². The Labute approximate surface area is 122 Å². The van der Waals surface area contributed by atoms with E-state index in [0.29, 0.717) is 28.6 Å². The lowest BCUT2D eigenvalue weighted by molar-refractivity contribution is -0.0858. The highest BCUT2D eigenvalue weighted by atomic mass is 35.5. The minimum atomic E-state index is -0.342. The van der Waals surface area contributed by atoms with E-state index in [9.17, 15) is 9.90 Å². The molecule has 1 heterocycles. The van der Waals surface area contributed by atoms with Crippen LogP contribution in [0.1, 0.15) is 17.3 Å². The number of thiol groups is 1. The van der Waals surface area contributed by atoms with Gasteiger partial charge in [0.15, 0.2) is 0 Å². The third-order valence-electron chi connectivity index (χ3n) is 3.00. The van der Waals surface area contributed by atoms with Crippen LogP contribution in [0.4, 0.5) is 0 Å². The molecule has 1 N–H and O–H groups in total. The van der Waals surface area contributed by atoms with Crippen LogP contribution in [0.25, 0.3) is 0 Å². The number of hydrogen-bond acceptors (Lipinski definition) is 4. The summed E-state index contributed by atoms with van der Waals surface area (Å²) in [6, 6.07) is 5.05. The van der Waals surface area contributed by atoms with Gasteiger partial charge in [-0.15, -0.1) is 12.6 Å². The Kier molecular flexibility index (Phi) is 4.73. The first kappa shape index (κ1) is 14.7. The van der Waals surface area contributed by atoms with E-state index in [4.69, 9.17) is 16.3 Å². The maximum atomic E-state index is 12.5. The zero-order valence-corrected chi connectivity index (χ0v) is 12.2. The monoisotopic (exact) mass is 301 g/mol. The minimum absolute atomic E-state index is 0.103. The Bertz CT molecular complexity index is 483. The van der Waals surface area contributed by atoms with Gasteiger partial charge in [0.05, 0.1) is 29.4 Å². The van der Waals surface area contributed by atoms with Gasteiger partial charge in [0.2, 0.25) is 0 Å². The first-order chi connectivity index (χ1) is 9.01. The zero-order valence-electron chi connectivity index (χ0n) is 10.5. The molecule has 1 aliphatic rings. The third kappa shape index (κ3) is 3.42. The maximum absolute atomic E-state index is 12.5.